The fraction of sp³-hybridized carbons (Fsp3) is 0.267. The predicted molar refractivity (Wildman–Crippen MR) is 82.1 cm³/mol. The van der Waals surface area contributed by atoms with E-state index in [0.29, 0.717) is 11.6 Å². The van der Waals surface area contributed by atoms with E-state index in [1.807, 2.05) is 44.2 Å². The number of hydrogen-bond donors (Lipinski definition) is 1. The summed E-state index contributed by atoms with van der Waals surface area (Å²) < 4.78 is 30.8. The molecule has 1 N–H and O–H groups in total. The lowest BCUT2D eigenvalue weighted by atomic mass is 9.90. The molecule has 2 aromatic rings. The fourth-order valence-corrected chi connectivity index (χ4v) is 2.41. The molecule has 6 heteroatoms. The topological polar surface area (TPSA) is 72.2 Å². The maximum absolute atomic E-state index is 11.4. The molecule has 1 heterocycles. The highest BCUT2D eigenvalue weighted by Crippen LogP contribution is 2.26. The second-order valence-corrected chi connectivity index (χ2v) is 7.03. The van der Waals surface area contributed by atoms with Gasteiger partial charge in [0.2, 0.25) is 15.9 Å². The van der Waals surface area contributed by atoms with Crippen molar-refractivity contribution in [3.63, 3.8) is 0 Å². The third-order valence-corrected chi connectivity index (χ3v) is 4.14. The molecule has 1 aromatic heterocycles. The van der Waals surface area contributed by atoms with E-state index in [9.17, 15) is 8.42 Å². The van der Waals surface area contributed by atoms with Crippen LogP contribution in [0.5, 0.6) is 0 Å². The maximum atomic E-state index is 11.4. The Balaban J connectivity index is 2.18. The molecule has 112 valence electrons. The average Bonchev–Trinajstić information content (AvgIpc) is 2.97. The van der Waals surface area contributed by atoms with Gasteiger partial charge < -0.3 is 4.42 Å². The zero-order chi connectivity index (χ0) is 15.5. The van der Waals surface area contributed by atoms with Crippen molar-refractivity contribution in [1.82, 2.24) is 9.71 Å². The van der Waals surface area contributed by atoms with E-state index in [1.165, 1.54) is 0 Å². The Morgan fingerprint density at radius 1 is 1.33 bits per heavy atom. The van der Waals surface area contributed by atoms with E-state index < -0.39 is 15.4 Å². The van der Waals surface area contributed by atoms with Crippen LogP contribution >= 0.6 is 0 Å². The highest BCUT2D eigenvalue weighted by molar-refractivity contribution is 7.92. The Morgan fingerprint density at radius 3 is 2.62 bits per heavy atom. The lowest BCUT2D eigenvalue weighted by molar-refractivity contribution is 0.486. The van der Waals surface area contributed by atoms with E-state index in [1.54, 1.807) is 6.26 Å². The van der Waals surface area contributed by atoms with Crippen LogP contribution in [0.15, 0.2) is 53.0 Å². The molecule has 0 aliphatic heterocycles. The first kappa shape index (κ1) is 15.5. The van der Waals surface area contributed by atoms with Crippen LogP contribution < -0.4 is 4.72 Å². The van der Waals surface area contributed by atoms with Crippen LogP contribution in [0.3, 0.4) is 0 Å². The molecule has 0 unspecified atom stereocenters. The molecule has 0 bridgehead atoms. The first-order chi connectivity index (χ1) is 9.84. The van der Waals surface area contributed by atoms with Crippen molar-refractivity contribution in [2.75, 3.05) is 6.54 Å². The van der Waals surface area contributed by atoms with Crippen molar-refractivity contribution < 1.29 is 12.8 Å². The molecule has 0 amide bonds. The highest BCUT2D eigenvalue weighted by Gasteiger charge is 2.26. The van der Waals surface area contributed by atoms with Crippen LogP contribution in [-0.2, 0) is 15.4 Å². The minimum atomic E-state index is -3.45. The van der Waals surface area contributed by atoms with Crippen molar-refractivity contribution in [2.45, 2.75) is 19.3 Å². The van der Waals surface area contributed by atoms with E-state index >= 15 is 0 Å². The average molecular weight is 306 g/mol. The molecule has 21 heavy (non-hydrogen) atoms. The first-order valence-electron chi connectivity index (χ1n) is 6.47. The van der Waals surface area contributed by atoms with E-state index in [-0.39, 0.29) is 6.54 Å². The molecule has 0 spiro atoms. The predicted octanol–water partition coefficient (Wildman–Crippen LogP) is 2.68. The van der Waals surface area contributed by atoms with Crippen LogP contribution in [-0.4, -0.2) is 19.9 Å². The molecule has 0 saturated heterocycles. The van der Waals surface area contributed by atoms with E-state index in [0.717, 1.165) is 11.0 Å². The van der Waals surface area contributed by atoms with Gasteiger partial charge in [0.25, 0.3) is 0 Å². The molecule has 1 aromatic carbocycles. The number of benzene rings is 1. The van der Waals surface area contributed by atoms with Crippen molar-refractivity contribution in [3.8, 4) is 11.5 Å². The summed E-state index contributed by atoms with van der Waals surface area (Å²) in [6.45, 7) is 7.26. The monoisotopic (exact) mass is 306 g/mol. The smallest absolute Gasteiger partial charge is 0.233 e. The Labute approximate surface area is 124 Å². The van der Waals surface area contributed by atoms with Gasteiger partial charge in [0, 0.05) is 22.9 Å². The number of rotatable bonds is 6. The van der Waals surface area contributed by atoms with Gasteiger partial charge in [0.05, 0.1) is 5.69 Å². The minimum absolute atomic E-state index is 0.210. The van der Waals surface area contributed by atoms with Crippen molar-refractivity contribution in [1.29, 1.82) is 0 Å². The third-order valence-electron chi connectivity index (χ3n) is 3.15. The van der Waals surface area contributed by atoms with Gasteiger partial charge in [0.15, 0.2) is 0 Å². The van der Waals surface area contributed by atoms with Gasteiger partial charge in [-0.1, -0.05) is 38.6 Å². The summed E-state index contributed by atoms with van der Waals surface area (Å²) in [5.74, 6) is 0.519. The second-order valence-electron chi connectivity index (χ2n) is 5.32. The van der Waals surface area contributed by atoms with Crippen molar-refractivity contribution in [2.24, 2.45) is 0 Å². The lowest BCUT2D eigenvalue weighted by Crippen LogP contribution is -2.35. The number of hydrogen-bond acceptors (Lipinski definition) is 4. The molecular weight excluding hydrogens is 288 g/mol. The Morgan fingerprint density at radius 2 is 2.00 bits per heavy atom. The largest absolute Gasteiger partial charge is 0.444 e. The number of sulfonamides is 1. The molecular formula is C15H18N2O3S. The normalized spacial score (nSPS) is 12.3. The summed E-state index contributed by atoms with van der Waals surface area (Å²) in [6.07, 6.45) is 1.56. The molecule has 0 atom stereocenters. The van der Waals surface area contributed by atoms with Crippen molar-refractivity contribution >= 4 is 10.0 Å². The van der Waals surface area contributed by atoms with E-state index in [2.05, 4.69) is 16.3 Å². The molecule has 0 saturated carbocycles. The summed E-state index contributed by atoms with van der Waals surface area (Å²) >= 11 is 0. The lowest BCUT2D eigenvalue weighted by Gasteiger charge is -2.21. The van der Waals surface area contributed by atoms with Crippen LogP contribution in [0.2, 0.25) is 0 Å². The second kappa shape index (κ2) is 5.83. The van der Waals surface area contributed by atoms with E-state index in [4.69, 9.17) is 4.42 Å². The molecule has 0 aliphatic carbocycles. The Kier molecular flexibility index (Phi) is 4.29. The highest BCUT2D eigenvalue weighted by atomic mass is 32.2. The zero-order valence-corrected chi connectivity index (χ0v) is 12.9. The number of nitrogens with one attached hydrogen (secondary N) is 1. The summed E-state index contributed by atoms with van der Waals surface area (Å²) in [4.78, 5) is 4.45. The standard InChI is InChI=1S/C15H18N2O3S/c1-4-21(18,19)16-11-15(2,3)13-10-20-14(17-13)12-8-6-5-7-9-12/h4-10,16H,1,11H2,2-3H3. The summed E-state index contributed by atoms with van der Waals surface area (Å²) in [5, 5.41) is 0.890. The van der Waals surface area contributed by atoms with Gasteiger partial charge in [-0.15, -0.1) is 0 Å². The van der Waals surface area contributed by atoms with Gasteiger partial charge >= 0.3 is 0 Å². The summed E-state index contributed by atoms with van der Waals surface area (Å²) in [6, 6.07) is 9.54. The van der Waals surface area contributed by atoms with Gasteiger partial charge in [-0.3, -0.25) is 0 Å². The van der Waals surface area contributed by atoms with Gasteiger partial charge in [0.1, 0.15) is 6.26 Å². The molecule has 5 nitrogen and oxygen atoms in total. The molecule has 0 fully saturated rings. The minimum Gasteiger partial charge on any atom is -0.444 e. The Hall–Kier alpha value is -1.92. The quantitative estimate of drug-likeness (QED) is 0.890. The number of nitrogens with zero attached hydrogens (tertiary/aromatic N) is 1. The van der Waals surface area contributed by atoms with Crippen molar-refractivity contribution in [3.05, 3.63) is 54.3 Å². The summed E-state index contributed by atoms with van der Waals surface area (Å²) in [5.41, 5.74) is 1.08. The van der Waals surface area contributed by atoms with Crippen LogP contribution in [0.25, 0.3) is 11.5 Å². The first-order valence-corrected chi connectivity index (χ1v) is 8.02. The van der Waals surface area contributed by atoms with Crippen LogP contribution in [0, 0.1) is 0 Å². The fourth-order valence-electron chi connectivity index (χ4n) is 1.73. The molecule has 0 aliphatic rings. The molecule has 2 rings (SSSR count). The third kappa shape index (κ3) is 3.80. The van der Waals surface area contributed by atoms with Crippen LogP contribution in [0.4, 0.5) is 0 Å². The SMILES string of the molecule is C=CS(=O)(=O)NCC(C)(C)c1coc(-c2ccccc2)n1. The maximum Gasteiger partial charge on any atom is 0.233 e. The Bertz CT molecular complexity index is 718. The zero-order valence-electron chi connectivity index (χ0n) is 12.0. The number of oxazole rings is 1. The molecule has 0 radical (unpaired) electrons. The summed E-state index contributed by atoms with van der Waals surface area (Å²) in [7, 11) is -3.45. The van der Waals surface area contributed by atoms with Gasteiger partial charge in [-0.2, -0.15) is 0 Å². The van der Waals surface area contributed by atoms with Gasteiger partial charge in [-0.05, 0) is 12.1 Å². The number of aromatic nitrogens is 1. The van der Waals surface area contributed by atoms with Gasteiger partial charge in [-0.25, -0.2) is 18.1 Å². The van der Waals surface area contributed by atoms with Crippen LogP contribution in [0.1, 0.15) is 19.5 Å².